The molecule has 1 aromatic carbocycles. The third kappa shape index (κ3) is 3.92. The highest BCUT2D eigenvalue weighted by atomic mass is 16.6. The first-order chi connectivity index (χ1) is 9.16. The fraction of sp³-hybridized carbons (Fsp3) is 0.571. The van der Waals surface area contributed by atoms with Gasteiger partial charge < -0.3 is 10.1 Å². The lowest BCUT2D eigenvalue weighted by molar-refractivity contribution is -0.385. The number of nitrogens with one attached hydrogen (secondary N) is 1. The van der Waals surface area contributed by atoms with Gasteiger partial charge in [0.05, 0.1) is 17.6 Å². The van der Waals surface area contributed by atoms with Crippen molar-refractivity contribution < 1.29 is 9.66 Å². The molecule has 0 heterocycles. The van der Waals surface area contributed by atoms with Crippen LogP contribution in [0.1, 0.15) is 31.2 Å². The summed E-state index contributed by atoms with van der Waals surface area (Å²) >= 11 is 0. The van der Waals surface area contributed by atoms with Crippen LogP contribution in [0.3, 0.4) is 0 Å². The minimum Gasteiger partial charge on any atom is -0.383 e. The number of benzene rings is 1. The molecule has 0 aromatic heterocycles. The highest BCUT2D eigenvalue weighted by Gasteiger charge is 2.14. The van der Waals surface area contributed by atoms with E-state index < -0.39 is 0 Å². The molecule has 0 unspecified atom stereocenters. The van der Waals surface area contributed by atoms with Crippen LogP contribution in [0.4, 0.5) is 11.4 Å². The minimum absolute atomic E-state index is 0.160. The van der Waals surface area contributed by atoms with Crippen LogP contribution in [0, 0.1) is 17.0 Å². The monoisotopic (exact) mass is 264 g/mol. The van der Waals surface area contributed by atoms with Crippen molar-refractivity contribution >= 4 is 11.4 Å². The topological polar surface area (TPSA) is 64.4 Å². The van der Waals surface area contributed by atoms with Crippen LogP contribution in [0.5, 0.6) is 0 Å². The van der Waals surface area contributed by atoms with Crippen LogP contribution in [0.2, 0.25) is 0 Å². The van der Waals surface area contributed by atoms with Gasteiger partial charge in [0.2, 0.25) is 0 Å². The Labute approximate surface area is 113 Å². The van der Waals surface area contributed by atoms with Gasteiger partial charge in [-0.1, -0.05) is 12.8 Å². The van der Waals surface area contributed by atoms with E-state index in [9.17, 15) is 10.1 Å². The summed E-state index contributed by atoms with van der Waals surface area (Å²) in [6.07, 6.45) is 5.34. The van der Waals surface area contributed by atoms with E-state index in [0.29, 0.717) is 18.3 Å². The van der Waals surface area contributed by atoms with E-state index in [0.717, 1.165) is 12.2 Å². The lowest BCUT2D eigenvalue weighted by atomic mass is 10.2. The molecule has 0 bridgehead atoms. The first kappa shape index (κ1) is 13.8. The molecule has 0 saturated heterocycles. The molecule has 1 aromatic rings. The lowest BCUT2D eigenvalue weighted by Crippen LogP contribution is -2.15. The predicted molar refractivity (Wildman–Crippen MR) is 74.5 cm³/mol. The summed E-state index contributed by atoms with van der Waals surface area (Å²) in [6.45, 7) is 3.16. The Balaban J connectivity index is 1.76. The summed E-state index contributed by atoms with van der Waals surface area (Å²) in [5.74, 6) is 0. The summed E-state index contributed by atoms with van der Waals surface area (Å²) in [5, 5.41) is 13.9. The summed E-state index contributed by atoms with van der Waals surface area (Å²) in [5.41, 5.74) is 1.73. The van der Waals surface area contributed by atoms with Gasteiger partial charge in [0.25, 0.3) is 5.69 Å². The molecular formula is C14H20N2O3. The Hall–Kier alpha value is -1.62. The molecule has 1 fully saturated rings. The van der Waals surface area contributed by atoms with Gasteiger partial charge in [-0.15, -0.1) is 0 Å². The molecule has 1 N–H and O–H groups in total. The number of nitro benzene ring substituents is 1. The van der Waals surface area contributed by atoms with Crippen molar-refractivity contribution in [1.82, 2.24) is 0 Å². The zero-order valence-electron chi connectivity index (χ0n) is 11.2. The second-order valence-electron chi connectivity index (χ2n) is 4.96. The van der Waals surface area contributed by atoms with Gasteiger partial charge in [0.1, 0.15) is 0 Å². The number of hydrogen-bond donors (Lipinski definition) is 1. The first-order valence-electron chi connectivity index (χ1n) is 6.77. The molecule has 5 heteroatoms. The number of anilines is 1. The second kappa shape index (κ2) is 6.52. The third-order valence-electron chi connectivity index (χ3n) is 3.48. The first-order valence-corrected chi connectivity index (χ1v) is 6.77. The fourth-order valence-electron chi connectivity index (χ4n) is 2.45. The fourth-order valence-corrected chi connectivity index (χ4v) is 2.45. The molecule has 5 nitrogen and oxygen atoms in total. The Kier molecular flexibility index (Phi) is 4.74. The second-order valence-corrected chi connectivity index (χ2v) is 4.96. The molecule has 0 radical (unpaired) electrons. The predicted octanol–water partition coefficient (Wildman–Crippen LogP) is 3.27. The van der Waals surface area contributed by atoms with Crippen molar-refractivity contribution in [2.75, 3.05) is 18.5 Å². The molecule has 104 valence electrons. The number of ether oxygens (including phenoxy) is 1. The smallest absolute Gasteiger partial charge is 0.272 e. The molecule has 0 amide bonds. The van der Waals surface area contributed by atoms with Gasteiger partial charge in [-0.25, -0.2) is 0 Å². The molecule has 1 aliphatic carbocycles. The SMILES string of the molecule is Cc1cc(NCCOC2CCCC2)ccc1[N+](=O)[O-]. The van der Waals surface area contributed by atoms with E-state index in [1.807, 2.05) is 0 Å². The third-order valence-corrected chi connectivity index (χ3v) is 3.48. The number of hydrogen-bond acceptors (Lipinski definition) is 4. The standard InChI is InChI=1S/C14H20N2O3/c1-11-10-12(6-7-14(11)16(17)18)15-8-9-19-13-4-2-3-5-13/h6-7,10,13,15H,2-5,8-9H2,1H3. The van der Waals surface area contributed by atoms with Crippen LogP contribution in [-0.2, 0) is 4.74 Å². The molecule has 0 spiro atoms. The van der Waals surface area contributed by atoms with E-state index in [2.05, 4.69) is 5.32 Å². The van der Waals surface area contributed by atoms with E-state index in [-0.39, 0.29) is 10.6 Å². The molecular weight excluding hydrogens is 244 g/mol. The highest BCUT2D eigenvalue weighted by Crippen LogP contribution is 2.22. The summed E-state index contributed by atoms with van der Waals surface area (Å²) < 4.78 is 5.75. The average molecular weight is 264 g/mol. The van der Waals surface area contributed by atoms with Gasteiger partial charge in [0, 0.05) is 23.9 Å². The lowest BCUT2D eigenvalue weighted by Gasteiger charge is -2.12. The van der Waals surface area contributed by atoms with Crippen LogP contribution in [0.25, 0.3) is 0 Å². The van der Waals surface area contributed by atoms with Gasteiger partial charge >= 0.3 is 0 Å². The maximum atomic E-state index is 10.7. The normalized spacial score (nSPS) is 15.6. The zero-order valence-corrected chi connectivity index (χ0v) is 11.2. The van der Waals surface area contributed by atoms with Crippen molar-refractivity contribution in [2.24, 2.45) is 0 Å². The Bertz CT molecular complexity index is 442. The maximum absolute atomic E-state index is 10.7. The van der Waals surface area contributed by atoms with Crippen LogP contribution in [-0.4, -0.2) is 24.2 Å². The zero-order chi connectivity index (χ0) is 13.7. The van der Waals surface area contributed by atoms with Crippen molar-refractivity contribution in [2.45, 2.75) is 38.7 Å². The summed E-state index contributed by atoms with van der Waals surface area (Å²) in [7, 11) is 0. The van der Waals surface area contributed by atoms with Crippen molar-refractivity contribution in [3.63, 3.8) is 0 Å². The molecule has 0 aliphatic heterocycles. The molecule has 1 saturated carbocycles. The summed E-state index contributed by atoms with van der Waals surface area (Å²) in [6, 6.07) is 5.07. The van der Waals surface area contributed by atoms with Gasteiger partial charge in [-0.05, 0) is 31.9 Å². The highest BCUT2D eigenvalue weighted by molar-refractivity contribution is 5.53. The van der Waals surface area contributed by atoms with E-state index >= 15 is 0 Å². The largest absolute Gasteiger partial charge is 0.383 e. The number of nitro groups is 1. The van der Waals surface area contributed by atoms with Gasteiger partial charge in [-0.3, -0.25) is 10.1 Å². The minimum atomic E-state index is -0.359. The Morgan fingerprint density at radius 3 is 2.79 bits per heavy atom. The van der Waals surface area contributed by atoms with Crippen LogP contribution >= 0.6 is 0 Å². The molecule has 1 aliphatic rings. The molecule has 0 atom stereocenters. The Morgan fingerprint density at radius 1 is 1.42 bits per heavy atom. The van der Waals surface area contributed by atoms with Gasteiger partial charge in [0.15, 0.2) is 0 Å². The summed E-state index contributed by atoms with van der Waals surface area (Å²) in [4.78, 5) is 10.3. The van der Waals surface area contributed by atoms with Crippen molar-refractivity contribution in [3.8, 4) is 0 Å². The number of rotatable bonds is 6. The van der Waals surface area contributed by atoms with Crippen molar-refractivity contribution in [1.29, 1.82) is 0 Å². The Morgan fingerprint density at radius 2 is 2.16 bits per heavy atom. The van der Waals surface area contributed by atoms with Crippen molar-refractivity contribution in [3.05, 3.63) is 33.9 Å². The molecule has 2 rings (SSSR count). The quantitative estimate of drug-likeness (QED) is 0.486. The van der Waals surface area contributed by atoms with E-state index in [1.54, 1.807) is 19.1 Å². The van der Waals surface area contributed by atoms with Gasteiger partial charge in [-0.2, -0.15) is 0 Å². The number of nitrogens with zero attached hydrogens (tertiary/aromatic N) is 1. The molecule has 19 heavy (non-hydrogen) atoms. The average Bonchev–Trinajstić information content (AvgIpc) is 2.87. The van der Waals surface area contributed by atoms with Crippen LogP contribution in [0.15, 0.2) is 18.2 Å². The van der Waals surface area contributed by atoms with Crippen LogP contribution < -0.4 is 5.32 Å². The maximum Gasteiger partial charge on any atom is 0.272 e. The van der Waals surface area contributed by atoms with E-state index in [1.165, 1.54) is 31.7 Å². The van der Waals surface area contributed by atoms with E-state index in [4.69, 9.17) is 4.74 Å². The number of aryl methyl sites for hydroxylation is 1.